The summed E-state index contributed by atoms with van der Waals surface area (Å²) >= 11 is 0. The fraction of sp³-hybridized carbons (Fsp3) is 0.545. The lowest BCUT2D eigenvalue weighted by Gasteiger charge is -2.14. The van der Waals surface area contributed by atoms with Gasteiger partial charge in [-0.1, -0.05) is 20.4 Å². The SMILES string of the molecule is C=C(C)C(=O)NC(CC)C(=O)C(=O)CC. The van der Waals surface area contributed by atoms with Crippen molar-refractivity contribution in [1.29, 1.82) is 0 Å². The molecular weight excluding hydrogens is 194 g/mol. The fourth-order valence-corrected chi connectivity index (χ4v) is 1.00. The maximum Gasteiger partial charge on any atom is 0.246 e. The van der Waals surface area contributed by atoms with Crippen molar-refractivity contribution in [2.45, 2.75) is 39.7 Å². The van der Waals surface area contributed by atoms with Crippen molar-refractivity contribution >= 4 is 17.5 Å². The van der Waals surface area contributed by atoms with Gasteiger partial charge in [0.2, 0.25) is 11.7 Å². The van der Waals surface area contributed by atoms with Crippen molar-refractivity contribution < 1.29 is 14.4 Å². The minimum absolute atomic E-state index is 0.165. The first kappa shape index (κ1) is 13.5. The second-order valence-corrected chi connectivity index (χ2v) is 3.36. The van der Waals surface area contributed by atoms with Crippen LogP contribution in [0.1, 0.15) is 33.6 Å². The van der Waals surface area contributed by atoms with E-state index in [1.54, 1.807) is 20.8 Å². The zero-order valence-electron chi connectivity index (χ0n) is 9.42. The minimum Gasteiger partial charge on any atom is -0.342 e. The molecule has 1 N–H and O–H groups in total. The Morgan fingerprint density at radius 2 is 1.80 bits per heavy atom. The van der Waals surface area contributed by atoms with Crippen LogP contribution in [0.3, 0.4) is 0 Å². The van der Waals surface area contributed by atoms with E-state index >= 15 is 0 Å². The van der Waals surface area contributed by atoms with Crippen LogP contribution in [0.5, 0.6) is 0 Å². The smallest absolute Gasteiger partial charge is 0.246 e. The summed E-state index contributed by atoms with van der Waals surface area (Å²) in [7, 11) is 0. The Balaban J connectivity index is 4.50. The summed E-state index contributed by atoms with van der Waals surface area (Å²) in [5.41, 5.74) is 0.324. The highest BCUT2D eigenvalue weighted by Crippen LogP contribution is 1.99. The van der Waals surface area contributed by atoms with E-state index in [0.29, 0.717) is 12.0 Å². The van der Waals surface area contributed by atoms with Crippen LogP contribution >= 0.6 is 0 Å². The van der Waals surface area contributed by atoms with Crippen LogP contribution in [0.2, 0.25) is 0 Å². The third kappa shape index (κ3) is 4.06. The number of nitrogens with one attached hydrogen (secondary N) is 1. The lowest BCUT2D eigenvalue weighted by Crippen LogP contribution is -2.43. The Bertz CT molecular complexity index is 294. The van der Waals surface area contributed by atoms with Crippen molar-refractivity contribution in [2.75, 3.05) is 0 Å². The molecule has 0 bridgehead atoms. The molecule has 4 nitrogen and oxygen atoms in total. The lowest BCUT2D eigenvalue weighted by atomic mass is 10.0. The van der Waals surface area contributed by atoms with Gasteiger partial charge in [-0.2, -0.15) is 0 Å². The number of Topliss-reactive ketones (excluding diaryl/α,β-unsaturated/α-hetero) is 2. The highest BCUT2D eigenvalue weighted by molar-refractivity contribution is 6.39. The molecule has 0 fully saturated rings. The van der Waals surface area contributed by atoms with Gasteiger partial charge >= 0.3 is 0 Å². The highest BCUT2D eigenvalue weighted by Gasteiger charge is 2.23. The molecule has 0 rings (SSSR count). The van der Waals surface area contributed by atoms with Crippen LogP contribution in [-0.4, -0.2) is 23.5 Å². The molecule has 1 unspecified atom stereocenters. The normalized spacial score (nSPS) is 11.7. The van der Waals surface area contributed by atoms with Gasteiger partial charge in [-0.3, -0.25) is 14.4 Å². The lowest BCUT2D eigenvalue weighted by molar-refractivity contribution is -0.138. The topological polar surface area (TPSA) is 63.2 Å². The van der Waals surface area contributed by atoms with Gasteiger partial charge in [-0.25, -0.2) is 0 Å². The van der Waals surface area contributed by atoms with Gasteiger partial charge < -0.3 is 5.32 Å². The summed E-state index contributed by atoms with van der Waals surface area (Å²) in [6.07, 6.45) is 0.571. The van der Waals surface area contributed by atoms with Crippen molar-refractivity contribution in [3.05, 3.63) is 12.2 Å². The van der Waals surface area contributed by atoms with Crippen molar-refractivity contribution in [1.82, 2.24) is 5.32 Å². The third-order valence-corrected chi connectivity index (χ3v) is 2.01. The zero-order chi connectivity index (χ0) is 12.0. The van der Waals surface area contributed by atoms with E-state index in [2.05, 4.69) is 11.9 Å². The van der Waals surface area contributed by atoms with Crippen molar-refractivity contribution in [3.63, 3.8) is 0 Å². The molecule has 0 saturated carbocycles. The summed E-state index contributed by atoms with van der Waals surface area (Å²) in [5, 5.41) is 2.47. The average Bonchev–Trinajstić information content (AvgIpc) is 2.23. The standard InChI is InChI=1S/C11H17NO3/c1-5-8(10(14)9(13)6-2)12-11(15)7(3)4/h8H,3,5-6H2,1-2,4H3,(H,12,15). The molecule has 0 aromatic heterocycles. The van der Waals surface area contributed by atoms with Crippen LogP contribution in [0.25, 0.3) is 0 Å². The van der Waals surface area contributed by atoms with E-state index in [1.165, 1.54) is 0 Å². The number of carbonyl (C=O) groups excluding carboxylic acids is 3. The van der Waals surface area contributed by atoms with Crippen LogP contribution in [0, 0.1) is 0 Å². The quantitative estimate of drug-likeness (QED) is 0.526. The van der Waals surface area contributed by atoms with Crippen molar-refractivity contribution in [3.8, 4) is 0 Å². The highest BCUT2D eigenvalue weighted by atomic mass is 16.2. The van der Waals surface area contributed by atoms with Crippen LogP contribution in [0.15, 0.2) is 12.2 Å². The van der Waals surface area contributed by atoms with Gasteiger partial charge in [0.15, 0.2) is 5.78 Å². The number of hydrogen-bond acceptors (Lipinski definition) is 3. The molecular formula is C11H17NO3. The van der Waals surface area contributed by atoms with E-state index in [9.17, 15) is 14.4 Å². The first-order valence-corrected chi connectivity index (χ1v) is 4.97. The van der Waals surface area contributed by atoms with E-state index in [1.807, 2.05) is 0 Å². The minimum atomic E-state index is -0.721. The Hall–Kier alpha value is -1.45. The molecule has 0 saturated heterocycles. The second-order valence-electron chi connectivity index (χ2n) is 3.36. The third-order valence-electron chi connectivity index (χ3n) is 2.01. The molecule has 0 aliphatic heterocycles. The molecule has 0 heterocycles. The maximum atomic E-state index is 11.5. The number of hydrogen-bond donors (Lipinski definition) is 1. The first-order chi connectivity index (χ1) is 6.93. The molecule has 0 spiro atoms. The summed E-state index contributed by atoms with van der Waals surface area (Å²) in [6, 6.07) is -0.721. The molecule has 0 aliphatic rings. The van der Waals surface area contributed by atoms with E-state index in [-0.39, 0.29) is 12.3 Å². The zero-order valence-corrected chi connectivity index (χ0v) is 9.42. The molecule has 0 aromatic carbocycles. The fourth-order valence-electron chi connectivity index (χ4n) is 1.00. The van der Waals surface area contributed by atoms with E-state index in [0.717, 1.165) is 0 Å². The summed E-state index contributed by atoms with van der Waals surface area (Å²) in [4.78, 5) is 33.9. The largest absolute Gasteiger partial charge is 0.342 e. The monoisotopic (exact) mass is 211 g/mol. The Morgan fingerprint density at radius 3 is 2.13 bits per heavy atom. The second kappa shape index (κ2) is 6.11. The van der Waals surface area contributed by atoms with Gasteiger partial charge in [0.05, 0.1) is 6.04 Å². The predicted octanol–water partition coefficient (Wildman–Crippen LogP) is 1.01. The average molecular weight is 211 g/mol. The molecule has 1 atom stereocenters. The van der Waals surface area contributed by atoms with E-state index < -0.39 is 17.6 Å². The molecule has 0 aromatic rings. The van der Waals surface area contributed by atoms with Gasteiger partial charge in [0, 0.05) is 12.0 Å². The predicted molar refractivity (Wildman–Crippen MR) is 57.3 cm³/mol. The van der Waals surface area contributed by atoms with Gasteiger partial charge in [0.25, 0.3) is 0 Å². The Kier molecular flexibility index (Phi) is 5.52. The summed E-state index contributed by atoms with van der Waals surface area (Å²) in [5.74, 6) is -1.38. The van der Waals surface area contributed by atoms with Gasteiger partial charge in [-0.15, -0.1) is 0 Å². The first-order valence-electron chi connectivity index (χ1n) is 4.97. The molecule has 0 radical (unpaired) electrons. The Morgan fingerprint density at radius 1 is 1.27 bits per heavy atom. The van der Waals surface area contributed by atoms with Crippen molar-refractivity contribution in [2.24, 2.45) is 0 Å². The number of carbonyl (C=O) groups is 3. The molecule has 15 heavy (non-hydrogen) atoms. The number of ketones is 2. The van der Waals surface area contributed by atoms with Gasteiger partial charge in [-0.05, 0) is 13.3 Å². The Labute approximate surface area is 89.7 Å². The molecule has 4 heteroatoms. The van der Waals surface area contributed by atoms with Crippen LogP contribution in [-0.2, 0) is 14.4 Å². The maximum absolute atomic E-state index is 11.5. The van der Waals surface area contributed by atoms with Crippen LogP contribution < -0.4 is 5.32 Å². The molecule has 1 amide bonds. The summed E-state index contributed by atoms with van der Waals surface area (Å²) < 4.78 is 0. The molecule has 0 aliphatic carbocycles. The van der Waals surface area contributed by atoms with Crippen LogP contribution in [0.4, 0.5) is 0 Å². The number of amides is 1. The van der Waals surface area contributed by atoms with E-state index in [4.69, 9.17) is 0 Å². The number of rotatable bonds is 6. The summed E-state index contributed by atoms with van der Waals surface area (Å²) in [6.45, 7) is 8.37. The van der Waals surface area contributed by atoms with Gasteiger partial charge in [0.1, 0.15) is 0 Å². The molecule has 84 valence electrons.